The maximum Gasteiger partial charge on any atom is 0.380 e. The summed E-state index contributed by atoms with van der Waals surface area (Å²) in [7, 11) is 0. The third-order valence-electron chi connectivity index (χ3n) is 11.0. The highest BCUT2D eigenvalue weighted by Gasteiger charge is 2.81. The Kier molecular flexibility index (Phi) is 12.8. The number of rotatable bonds is 12. The minimum absolute atomic E-state index is 0.258. The number of hydrogen-bond acceptors (Lipinski definition) is 4. The van der Waals surface area contributed by atoms with Gasteiger partial charge in [-0.2, -0.15) is 26.3 Å². The average molecular weight is 865 g/mol. The number of halogens is 6. The van der Waals surface area contributed by atoms with Gasteiger partial charge >= 0.3 is 17.8 Å². The molecule has 0 atom stereocenters. The van der Waals surface area contributed by atoms with E-state index in [1.807, 2.05) is 117 Å². The van der Waals surface area contributed by atoms with Crippen molar-refractivity contribution in [2.24, 2.45) is 5.41 Å². The zero-order valence-corrected chi connectivity index (χ0v) is 37.0. The lowest BCUT2D eigenvalue weighted by molar-refractivity contribution is -0.264. The quantitative estimate of drug-likeness (QED) is 0.0983. The predicted octanol–water partition coefficient (Wildman–Crippen LogP) is 17.4. The Balaban J connectivity index is 1.76. The van der Waals surface area contributed by atoms with Crippen molar-refractivity contribution in [3.63, 3.8) is 0 Å². The van der Waals surface area contributed by atoms with Gasteiger partial charge in [-0.15, -0.1) is 45.3 Å². The Labute approximate surface area is 354 Å². The van der Waals surface area contributed by atoms with Gasteiger partial charge in [-0.1, -0.05) is 85.2 Å². The zero-order chi connectivity index (χ0) is 42.2. The minimum atomic E-state index is -5.71. The lowest BCUT2D eigenvalue weighted by atomic mass is 9.62. The van der Waals surface area contributed by atoms with Gasteiger partial charge in [0.15, 0.2) is 0 Å². The molecule has 2 aliphatic carbocycles. The van der Waals surface area contributed by atoms with Crippen molar-refractivity contribution in [2.75, 3.05) is 0 Å². The first-order valence-electron chi connectivity index (χ1n) is 19.1. The second-order valence-electron chi connectivity index (χ2n) is 14.7. The number of allylic oxidation sites excluding steroid dienone is 18. The Morgan fingerprint density at radius 1 is 0.621 bits per heavy atom. The molecule has 0 nitrogen and oxygen atoms in total. The molecule has 0 aliphatic heterocycles. The van der Waals surface area contributed by atoms with Gasteiger partial charge in [0.25, 0.3) is 0 Å². The molecule has 58 heavy (non-hydrogen) atoms. The van der Waals surface area contributed by atoms with Gasteiger partial charge in [0.05, 0.1) is 5.41 Å². The van der Waals surface area contributed by atoms with E-state index in [4.69, 9.17) is 0 Å². The number of thiophene rings is 4. The van der Waals surface area contributed by atoms with Crippen molar-refractivity contribution < 1.29 is 26.3 Å². The molecule has 0 bridgehead atoms. The fourth-order valence-electron chi connectivity index (χ4n) is 8.09. The third kappa shape index (κ3) is 7.33. The van der Waals surface area contributed by atoms with Crippen LogP contribution in [-0.4, -0.2) is 17.8 Å². The fraction of sp³-hybridized carbons (Fsp3) is 0.292. The summed E-state index contributed by atoms with van der Waals surface area (Å²) in [6, 6.07) is 15.3. The molecular weight excluding hydrogens is 819 g/mol. The lowest BCUT2D eigenvalue weighted by Gasteiger charge is -2.41. The monoisotopic (exact) mass is 864 g/mol. The van der Waals surface area contributed by atoms with Crippen molar-refractivity contribution in [1.82, 2.24) is 0 Å². The highest BCUT2D eigenvalue weighted by molar-refractivity contribution is 7.22. The van der Waals surface area contributed by atoms with Gasteiger partial charge in [0, 0.05) is 40.4 Å². The molecule has 2 aliphatic rings. The van der Waals surface area contributed by atoms with Crippen LogP contribution >= 0.6 is 45.3 Å². The van der Waals surface area contributed by atoms with E-state index < -0.39 is 34.3 Å². The van der Waals surface area contributed by atoms with Crippen LogP contribution < -0.4 is 0 Å². The molecular formula is C48H46F6S4. The van der Waals surface area contributed by atoms with Crippen molar-refractivity contribution in [1.29, 1.82) is 0 Å². The molecule has 4 aromatic heterocycles. The summed E-state index contributed by atoms with van der Waals surface area (Å²) in [6.07, 6.45) is 15.8. The predicted molar refractivity (Wildman–Crippen MR) is 239 cm³/mol. The number of hydrogen-bond donors (Lipinski definition) is 0. The maximum atomic E-state index is 16.8. The smallest absolute Gasteiger partial charge is 0.194 e. The standard InChI is InChI=1S/C48H46F6S4/c1-9-11-13-14-18-32(6)45(31(5)17-12-10-2)33(7)35(27-29(3)37-21-23-41(57-37)39-19-15-25-55-39)43-44(47(51,52)48(53,54)46(43,49)50)36(34(45)8)28-30(4)38-22-24-42(58-38)40-20-16-26-56-40/h10,12-28H,9,11H2,1-8H3/b12-10-,14-13-,29-27+,30-28+,31-17+,32-18+. The van der Waals surface area contributed by atoms with Crippen molar-refractivity contribution >= 4 is 56.5 Å². The summed E-state index contributed by atoms with van der Waals surface area (Å²) in [5, 5.41) is 3.91. The highest BCUT2D eigenvalue weighted by atomic mass is 32.1. The molecule has 6 rings (SSSR count). The summed E-state index contributed by atoms with van der Waals surface area (Å²) in [4.78, 5) is 5.33. The van der Waals surface area contributed by atoms with Gasteiger partial charge in [-0.3, -0.25) is 0 Å². The Morgan fingerprint density at radius 3 is 1.47 bits per heavy atom. The van der Waals surface area contributed by atoms with Gasteiger partial charge in [0.1, 0.15) is 0 Å². The van der Waals surface area contributed by atoms with Crippen LogP contribution in [0.5, 0.6) is 0 Å². The topological polar surface area (TPSA) is 0 Å². The van der Waals surface area contributed by atoms with Crippen LogP contribution in [0.3, 0.4) is 0 Å². The fourth-order valence-corrected chi connectivity index (χ4v) is 11.7. The van der Waals surface area contributed by atoms with E-state index in [1.165, 1.54) is 34.8 Å². The normalized spacial score (nSPS) is 20.0. The van der Waals surface area contributed by atoms with Crippen LogP contribution in [0.4, 0.5) is 26.3 Å². The highest BCUT2D eigenvalue weighted by Crippen LogP contribution is 2.67. The molecule has 0 N–H and O–H groups in total. The third-order valence-corrected chi connectivity index (χ3v) is 15.6. The van der Waals surface area contributed by atoms with E-state index in [9.17, 15) is 0 Å². The molecule has 10 heteroatoms. The largest absolute Gasteiger partial charge is 0.380 e. The van der Waals surface area contributed by atoms with E-state index >= 15 is 26.3 Å². The Bertz CT molecular complexity index is 2310. The molecule has 0 amide bonds. The van der Waals surface area contributed by atoms with Gasteiger partial charge in [-0.05, 0) is 135 Å². The van der Waals surface area contributed by atoms with Gasteiger partial charge in [-0.25, -0.2) is 0 Å². The zero-order valence-electron chi connectivity index (χ0n) is 33.7. The maximum absolute atomic E-state index is 16.8. The van der Waals surface area contributed by atoms with Crippen LogP contribution in [0, 0.1) is 5.41 Å². The van der Waals surface area contributed by atoms with Crippen molar-refractivity contribution in [3.8, 4) is 19.5 Å². The SMILES string of the molecule is C/C=C\C=C(/C)C1(/C(C)=C/C=C\CCC)C(C)=C(/C=C(\C)c2ccc(-c3cccs3)s2)C2=C(C(/C=C(\C)c3ccc(-c4cccs4)s3)=C1C)C(F)(F)C(F)(F)C2(F)F. The van der Waals surface area contributed by atoms with E-state index in [1.54, 1.807) is 50.4 Å². The van der Waals surface area contributed by atoms with Crippen LogP contribution in [0.1, 0.15) is 78.0 Å². The molecule has 0 radical (unpaired) electrons. The molecule has 304 valence electrons. The summed E-state index contributed by atoms with van der Waals surface area (Å²) in [6.45, 7) is 14.3. The number of alkyl halides is 6. The van der Waals surface area contributed by atoms with Crippen LogP contribution in [0.25, 0.3) is 30.7 Å². The Morgan fingerprint density at radius 2 is 1.07 bits per heavy atom. The van der Waals surface area contributed by atoms with Crippen LogP contribution in [0.15, 0.2) is 152 Å². The second-order valence-corrected chi connectivity index (χ2v) is 18.7. The summed E-state index contributed by atoms with van der Waals surface area (Å²) >= 11 is 5.96. The molecule has 4 aromatic rings. The minimum Gasteiger partial charge on any atom is -0.194 e. The molecule has 0 saturated carbocycles. The van der Waals surface area contributed by atoms with Crippen LogP contribution in [0.2, 0.25) is 0 Å². The molecule has 4 heterocycles. The first-order chi connectivity index (χ1) is 27.5. The molecule has 0 aromatic carbocycles. The van der Waals surface area contributed by atoms with Crippen molar-refractivity contribution in [3.05, 3.63) is 162 Å². The molecule has 0 fully saturated rings. The van der Waals surface area contributed by atoms with E-state index in [-0.39, 0.29) is 22.3 Å². The summed E-state index contributed by atoms with van der Waals surface area (Å²) in [5.41, 5.74) is -1.87. The van der Waals surface area contributed by atoms with Crippen LogP contribution in [-0.2, 0) is 0 Å². The average Bonchev–Trinajstić information content (AvgIpc) is 4.03. The molecule has 0 unspecified atom stereocenters. The number of unbranched alkanes of at least 4 members (excludes halogenated alkanes) is 1. The van der Waals surface area contributed by atoms with E-state index in [0.717, 1.165) is 32.4 Å². The van der Waals surface area contributed by atoms with Crippen molar-refractivity contribution in [2.45, 2.75) is 86.0 Å². The first kappa shape index (κ1) is 43.6. The second kappa shape index (κ2) is 17.0. The summed E-state index contributed by atoms with van der Waals surface area (Å²) in [5.74, 6) is -16.2. The van der Waals surface area contributed by atoms with Gasteiger partial charge in [0.2, 0.25) is 0 Å². The Hall–Kier alpha value is -3.96. The van der Waals surface area contributed by atoms with E-state index in [2.05, 4.69) is 6.92 Å². The molecule has 0 spiro atoms. The summed E-state index contributed by atoms with van der Waals surface area (Å²) < 4.78 is 99.4. The van der Waals surface area contributed by atoms with Gasteiger partial charge < -0.3 is 0 Å². The van der Waals surface area contributed by atoms with E-state index in [0.29, 0.717) is 32.0 Å². The lowest BCUT2D eigenvalue weighted by Crippen LogP contribution is -2.50. The molecule has 0 saturated heterocycles. The first-order valence-corrected chi connectivity index (χ1v) is 22.5.